The molecular weight excluding hydrogens is 406 g/mol. The molecule has 4 rings (SSSR count). The Morgan fingerprint density at radius 1 is 0.906 bits per heavy atom. The summed E-state index contributed by atoms with van der Waals surface area (Å²) < 4.78 is 10.6. The number of hydrogen-bond acceptors (Lipinski definition) is 5. The third kappa shape index (κ3) is 3.60. The van der Waals surface area contributed by atoms with Gasteiger partial charge in [-0.05, 0) is 48.9 Å². The Kier molecular flexibility index (Phi) is 5.69. The maximum absolute atomic E-state index is 13.2. The average molecular weight is 429 g/mol. The van der Waals surface area contributed by atoms with Crippen LogP contribution in [0.25, 0.3) is 5.76 Å². The molecular formula is C26H23NO5. The molecule has 1 aliphatic heterocycles. The second-order valence-corrected chi connectivity index (χ2v) is 7.48. The lowest BCUT2D eigenvalue weighted by molar-refractivity contribution is -0.132. The van der Waals surface area contributed by atoms with E-state index in [1.807, 2.05) is 31.2 Å². The second kappa shape index (κ2) is 8.59. The van der Waals surface area contributed by atoms with Gasteiger partial charge in [-0.2, -0.15) is 0 Å². The van der Waals surface area contributed by atoms with E-state index in [1.54, 1.807) is 55.6 Å². The standard InChI is InChI=1S/C26H23NO5/c1-16-7-6-8-17(15-16)23-22(24(28)20-9-4-5-10-21(20)32-3)25(29)26(30)27(23)18-11-13-19(31-2)14-12-18/h4-15,23,28H,1-3H3/b24-22-. The number of rotatable bonds is 5. The molecule has 0 aromatic heterocycles. The number of hydrogen-bond donors (Lipinski definition) is 1. The number of amides is 1. The first-order valence-electron chi connectivity index (χ1n) is 10.1. The van der Waals surface area contributed by atoms with Gasteiger partial charge in [0.1, 0.15) is 17.3 Å². The number of para-hydroxylation sites is 1. The molecule has 1 aliphatic rings. The maximum atomic E-state index is 13.2. The largest absolute Gasteiger partial charge is 0.507 e. The summed E-state index contributed by atoms with van der Waals surface area (Å²) in [6, 6.07) is 20.5. The van der Waals surface area contributed by atoms with Gasteiger partial charge >= 0.3 is 0 Å². The van der Waals surface area contributed by atoms with Gasteiger partial charge in [-0.25, -0.2) is 0 Å². The van der Waals surface area contributed by atoms with Crippen LogP contribution in [0.4, 0.5) is 5.69 Å². The van der Waals surface area contributed by atoms with Crippen molar-refractivity contribution in [2.45, 2.75) is 13.0 Å². The Morgan fingerprint density at radius 2 is 1.62 bits per heavy atom. The number of nitrogens with zero attached hydrogens (tertiary/aromatic N) is 1. The van der Waals surface area contributed by atoms with E-state index in [1.165, 1.54) is 12.0 Å². The number of anilines is 1. The van der Waals surface area contributed by atoms with Crippen LogP contribution >= 0.6 is 0 Å². The van der Waals surface area contributed by atoms with Crippen molar-refractivity contribution in [3.8, 4) is 11.5 Å². The Labute approximate surface area is 186 Å². The fraction of sp³-hybridized carbons (Fsp3) is 0.154. The lowest BCUT2D eigenvalue weighted by Crippen LogP contribution is -2.29. The molecule has 1 fully saturated rings. The summed E-state index contributed by atoms with van der Waals surface area (Å²) >= 11 is 0. The molecule has 32 heavy (non-hydrogen) atoms. The van der Waals surface area contributed by atoms with E-state index < -0.39 is 17.7 Å². The molecule has 0 saturated carbocycles. The van der Waals surface area contributed by atoms with Crippen molar-refractivity contribution >= 4 is 23.1 Å². The van der Waals surface area contributed by atoms with Crippen LogP contribution in [0.2, 0.25) is 0 Å². The van der Waals surface area contributed by atoms with Gasteiger partial charge in [-0.15, -0.1) is 0 Å². The SMILES string of the molecule is COc1ccc(N2C(=O)C(=O)/C(=C(\O)c3ccccc3OC)C2c2cccc(C)c2)cc1. The van der Waals surface area contributed by atoms with Gasteiger partial charge in [0, 0.05) is 5.69 Å². The van der Waals surface area contributed by atoms with Crippen molar-refractivity contribution in [2.75, 3.05) is 19.1 Å². The van der Waals surface area contributed by atoms with Crippen molar-refractivity contribution in [3.63, 3.8) is 0 Å². The fourth-order valence-electron chi connectivity index (χ4n) is 3.98. The Hall–Kier alpha value is -4.06. The maximum Gasteiger partial charge on any atom is 0.300 e. The van der Waals surface area contributed by atoms with E-state index >= 15 is 0 Å². The molecule has 3 aromatic carbocycles. The second-order valence-electron chi connectivity index (χ2n) is 7.48. The molecule has 1 saturated heterocycles. The lowest BCUT2D eigenvalue weighted by Gasteiger charge is -2.26. The molecule has 6 heteroatoms. The Bertz CT molecular complexity index is 1210. The summed E-state index contributed by atoms with van der Waals surface area (Å²) in [5.41, 5.74) is 2.58. The van der Waals surface area contributed by atoms with Crippen LogP contribution in [0.15, 0.2) is 78.4 Å². The van der Waals surface area contributed by atoms with Crippen LogP contribution in [-0.2, 0) is 9.59 Å². The smallest absolute Gasteiger partial charge is 0.300 e. The molecule has 0 radical (unpaired) electrons. The van der Waals surface area contributed by atoms with Crippen LogP contribution in [0.5, 0.6) is 11.5 Å². The predicted molar refractivity (Wildman–Crippen MR) is 122 cm³/mol. The van der Waals surface area contributed by atoms with Gasteiger partial charge in [0.25, 0.3) is 11.7 Å². The van der Waals surface area contributed by atoms with Crippen molar-refractivity contribution in [2.24, 2.45) is 0 Å². The minimum atomic E-state index is -0.798. The molecule has 1 N–H and O–H groups in total. The van der Waals surface area contributed by atoms with Gasteiger partial charge in [0.05, 0.1) is 31.4 Å². The number of aryl methyl sites for hydroxylation is 1. The molecule has 0 spiro atoms. The van der Waals surface area contributed by atoms with E-state index in [-0.39, 0.29) is 11.3 Å². The first-order valence-corrected chi connectivity index (χ1v) is 10.1. The average Bonchev–Trinajstić information content (AvgIpc) is 3.09. The van der Waals surface area contributed by atoms with Crippen LogP contribution < -0.4 is 14.4 Å². The van der Waals surface area contributed by atoms with Crippen molar-refractivity contribution in [1.82, 2.24) is 0 Å². The van der Waals surface area contributed by atoms with Crippen molar-refractivity contribution < 1.29 is 24.2 Å². The summed E-state index contributed by atoms with van der Waals surface area (Å²) in [4.78, 5) is 27.8. The number of methoxy groups -OCH3 is 2. The first-order chi connectivity index (χ1) is 15.5. The summed E-state index contributed by atoms with van der Waals surface area (Å²) in [5, 5.41) is 11.2. The first kappa shape index (κ1) is 21.2. The number of benzene rings is 3. The molecule has 3 aromatic rings. The minimum Gasteiger partial charge on any atom is -0.507 e. The van der Waals surface area contributed by atoms with E-state index in [0.717, 1.165) is 11.1 Å². The monoisotopic (exact) mass is 429 g/mol. The molecule has 0 aliphatic carbocycles. The quantitative estimate of drug-likeness (QED) is 0.363. The molecule has 162 valence electrons. The van der Waals surface area contributed by atoms with E-state index in [2.05, 4.69) is 0 Å². The Balaban J connectivity index is 1.96. The number of carbonyl (C=O) groups is 2. The van der Waals surface area contributed by atoms with Crippen LogP contribution in [-0.4, -0.2) is 31.0 Å². The van der Waals surface area contributed by atoms with Crippen molar-refractivity contribution in [3.05, 3.63) is 95.1 Å². The highest BCUT2D eigenvalue weighted by molar-refractivity contribution is 6.51. The normalized spacial score (nSPS) is 17.5. The third-order valence-electron chi connectivity index (χ3n) is 5.51. The zero-order chi connectivity index (χ0) is 22.8. The van der Waals surface area contributed by atoms with Gasteiger partial charge in [-0.3, -0.25) is 14.5 Å². The predicted octanol–water partition coefficient (Wildman–Crippen LogP) is 4.64. The molecule has 1 unspecified atom stereocenters. The van der Waals surface area contributed by atoms with Gasteiger partial charge < -0.3 is 14.6 Å². The zero-order valence-electron chi connectivity index (χ0n) is 18.0. The highest BCUT2D eigenvalue weighted by atomic mass is 16.5. The highest BCUT2D eigenvalue weighted by Crippen LogP contribution is 2.43. The van der Waals surface area contributed by atoms with Crippen LogP contribution in [0.3, 0.4) is 0 Å². The molecule has 6 nitrogen and oxygen atoms in total. The number of Topliss-reactive ketones (excluding diaryl/α,β-unsaturated/α-hetero) is 1. The number of carbonyl (C=O) groups excluding carboxylic acids is 2. The topological polar surface area (TPSA) is 76.1 Å². The Morgan fingerprint density at radius 3 is 2.28 bits per heavy atom. The van der Waals surface area contributed by atoms with E-state index in [4.69, 9.17) is 9.47 Å². The van der Waals surface area contributed by atoms with Crippen LogP contribution in [0, 0.1) is 6.92 Å². The summed E-state index contributed by atoms with van der Waals surface area (Å²) in [7, 11) is 3.04. The van der Waals surface area contributed by atoms with Gasteiger partial charge in [0.15, 0.2) is 0 Å². The fourth-order valence-corrected chi connectivity index (χ4v) is 3.98. The van der Waals surface area contributed by atoms with Crippen molar-refractivity contribution in [1.29, 1.82) is 0 Å². The number of aliphatic hydroxyl groups is 1. The molecule has 1 atom stereocenters. The summed E-state index contributed by atoms with van der Waals surface area (Å²) in [6.45, 7) is 1.93. The van der Waals surface area contributed by atoms with E-state index in [9.17, 15) is 14.7 Å². The number of aliphatic hydroxyl groups excluding tert-OH is 1. The molecule has 1 amide bonds. The summed E-state index contributed by atoms with van der Waals surface area (Å²) in [6.07, 6.45) is 0. The lowest BCUT2D eigenvalue weighted by atomic mass is 9.94. The highest BCUT2D eigenvalue weighted by Gasteiger charge is 2.47. The van der Waals surface area contributed by atoms with E-state index in [0.29, 0.717) is 22.7 Å². The minimum absolute atomic E-state index is 0.0147. The summed E-state index contributed by atoms with van der Waals surface area (Å²) in [5.74, 6) is -0.702. The third-order valence-corrected chi connectivity index (χ3v) is 5.51. The van der Waals surface area contributed by atoms with Gasteiger partial charge in [0.2, 0.25) is 0 Å². The van der Waals surface area contributed by atoms with Crippen LogP contribution in [0.1, 0.15) is 22.7 Å². The number of ether oxygens (including phenoxy) is 2. The number of ketones is 1. The van der Waals surface area contributed by atoms with Gasteiger partial charge in [-0.1, -0.05) is 42.0 Å². The molecule has 1 heterocycles. The molecule has 0 bridgehead atoms. The zero-order valence-corrected chi connectivity index (χ0v) is 18.0.